The first-order valence-corrected chi connectivity index (χ1v) is 4.99. The molecule has 1 aromatic heterocycles. The van der Waals surface area contributed by atoms with Crippen molar-refractivity contribution in [2.75, 3.05) is 0 Å². The highest BCUT2D eigenvalue weighted by molar-refractivity contribution is 5.65. The van der Waals surface area contributed by atoms with E-state index in [0.717, 1.165) is 18.5 Å². The lowest BCUT2D eigenvalue weighted by Gasteiger charge is -2.08. The molecule has 0 aliphatic carbocycles. The summed E-state index contributed by atoms with van der Waals surface area (Å²) in [6.07, 6.45) is 1.69. The Morgan fingerprint density at radius 2 is 1.30 bits per heavy atom. The molecule has 0 aliphatic heterocycles. The molecule has 0 spiro atoms. The maximum absolute atomic E-state index is 13.7. The average Bonchev–Trinajstić information content (AvgIpc) is 2.47. The fourth-order valence-electron chi connectivity index (χ4n) is 1.50. The monoisotopic (exact) mass is 278 g/mol. The van der Waals surface area contributed by atoms with Crippen molar-refractivity contribution in [3.8, 4) is 23.3 Å². The minimum Gasteiger partial charge on any atom is -0.227 e. The van der Waals surface area contributed by atoms with Gasteiger partial charge in [0.25, 0.3) is 0 Å². The number of halogens is 4. The van der Waals surface area contributed by atoms with Gasteiger partial charge in [0.15, 0.2) is 23.3 Å². The van der Waals surface area contributed by atoms with Crippen molar-refractivity contribution >= 4 is 0 Å². The third kappa shape index (κ3) is 1.93. The molecule has 20 heavy (non-hydrogen) atoms. The molecule has 0 N–H and O–H groups in total. The fraction of sp³-hybridized carbons (Fsp3) is 0. The van der Waals surface area contributed by atoms with Gasteiger partial charge in [-0.25, -0.2) is 27.5 Å². The largest absolute Gasteiger partial charge is 0.232 e. The van der Waals surface area contributed by atoms with Gasteiger partial charge in [0.2, 0.25) is 5.82 Å². The zero-order chi connectivity index (χ0) is 14.9. The van der Waals surface area contributed by atoms with Crippen molar-refractivity contribution in [3.05, 3.63) is 47.1 Å². The molecule has 0 saturated heterocycles. The van der Waals surface area contributed by atoms with Gasteiger partial charge in [-0.1, -0.05) is 0 Å². The van der Waals surface area contributed by atoms with Gasteiger partial charge in [-0.05, 0) is 0 Å². The first-order valence-electron chi connectivity index (χ1n) is 4.99. The maximum Gasteiger partial charge on any atom is 0.232 e. The Kier molecular flexibility index (Phi) is 3.32. The number of benzene rings is 1. The van der Waals surface area contributed by atoms with E-state index in [1.54, 1.807) is 6.07 Å². The standard InChI is InChI=1S/C12H2F4N4/c13-9-6(1-17)10(14)12(16)8(11(9)15)5-3-19-7(2-18)20-4-5/h3-4H. The first-order chi connectivity index (χ1) is 9.51. The van der Waals surface area contributed by atoms with Crippen LogP contribution in [0.25, 0.3) is 11.1 Å². The Morgan fingerprint density at radius 3 is 1.70 bits per heavy atom. The van der Waals surface area contributed by atoms with Gasteiger partial charge in [-0.2, -0.15) is 10.5 Å². The summed E-state index contributed by atoms with van der Waals surface area (Å²) < 4.78 is 54.3. The topological polar surface area (TPSA) is 73.4 Å². The van der Waals surface area contributed by atoms with Crippen LogP contribution < -0.4 is 0 Å². The van der Waals surface area contributed by atoms with E-state index in [1.807, 2.05) is 0 Å². The summed E-state index contributed by atoms with van der Waals surface area (Å²) >= 11 is 0. The van der Waals surface area contributed by atoms with Crippen molar-refractivity contribution in [1.29, 1.82) is 10.5 Å². The van der Waals surface area contributed by atoms with E-state index in [0.29, 0.717) is 0 Å². The van der Waals surface area contributed by atoms with Gasteiger partial charge >= 0.3 is 0 Å². The Bertz CT molecular complexity index is 743. The second-order valence-corrected chi connectivity index (χ2v) is 3.52. The van der Waals surface area contributed by atoms with E-state index >= 15 is 0 Å². The Balaban J connectivity index is 2.75. The summed E-state index contributed by atoms with van der Waals surface area (Å²) in [5.74, 6) is -7.33. The summed E-state index contributed by atoms with van der Waals surface area (Å²) in [5.41, 5.74) is -2.75. The van der Waals surface area contributed by atoms with Crippen LogP contribution in [-0.2, 0) is 0 Å². The molecule has 1 aromatic carbocycles. The SMILES string of the molecule is N#Cc1ncc(-c2c(F)c(F)c(C#N)c(F)c2F)cn1. The van der Waals surface area contributed by atoms with Crippen LogP contribution in [-0.4, -0.2) is 9.97 Å². The number of nitriles is 2. The number of nitrogens with zero attached hydrogens (tertiary/aromatic N) is 4. The van der Waals surface area contributed by atoms with Crippen molar-refractivity contribution < 1.29 is 17.6 Å². The minimum atomic E-state index is -1.80. The predicted octanol–water partition coefficient (Wildman–Crippen LogP) is 2.44. The normalized spacial score (nSPS) is 9.90. The van der Waals surface area contributed by atoms with E-state index in [1.165, 1.54) is 0 Å². The first kappa shape index (κ1) is 13.4. The fourth-order valence-corrected chi connectivity index (χ4v) is 1.50. The summed E-state index contributed by atoms with van der Waals surface area (Å²) in [7, 11) is 0. The quantitative estimate of drug-likeness (QED) is 0.593. The van der Waals surface area contributed by atoms with Crippen molar-refractivity contribution in [2.24, 2.45) is 0 Å². The molecular formula is C12H2F4N4. The smallest absolute Gasteiger partial charge is 0.227 e. The molecule has 98 valence electrons. The molecule has 0 atom stereocenters. The van der Waals surface area contributed by atoms with Crippen LogP contribution in [0.4, 0.5) is 17.6 Å². The molecule has 0 aliphatic rings. The van der Waals surface area contributed by atoms with E-state index in [2.05, 4.69) is 9.97 Å². The van der Waals surface area contributed by atoms with Crippen molar-refractivity contribution in [1.82, 2.24) is 9.97 Å². The van der Waals surface area contributed by atoms with E-state index in [9.17, 15) is 17.6 Å². The van der Waals surface area contributed by atoms with Crippen molar-refractivity contribution in [3.63, 3.8) is 0 Å². The summed E-state index contributed by atoms with van der Waals surface area (Å²) in [6.45, 7) is 0. The van der Waals surface area contributed by atoms with Crippen LogP contribution in [0.1, 0.15) is 11.4 Å². The molecule has 8 heteroatoms. The lowest BCUT2D eigenvalue weighted by atomic mass is 10.0. The predicted molar refractivity (Wildman–Crippen MR) is 56.7 cm³/mol. The van der Waals surface area contributed by atoms with E-state index in [-0.39, 0.29) is 11.4 Å². The number of aromatic nitrogens is 2. The van der Waals surface area contributed by atoms with Crippen LogP contribution in [0, 0.1) is 45.9 Å². The van der Waals surface area contributed by atoms with Gasteiger partial charge in [0, 0.05) is 18.0 Å². The second-order valence-electron chi connectivity index (χ2n) is 3.52. The summed E-state index contributed by atoms with van der Waals surface area (Å²) in [4.78, 5) is 6.88. The maximum atomic E-state index is 13.7. The van der Waals surface area contributed by atoms with Gasteiger partial charge in [0.1, 0.15) is 17.7 Å². The highest BCUT2D eigenvalue weighted by Gasteiger charge is 2.26. The zero-order valence-corrected chi connectivity index (χ0v) is 9.46. The van der Waals surface area contributed by atoms with Gasteiger partial charge in [-0.3, -0.25) is 0 Å². The van der Waals surface area contributed by atoms with Crippen LogP contribution in [0.3, 0.4) is 0 Å². The van der Waals surface area contributed by atoms with Crippen LogP contribution in [0.15, 0.2) is 12.4 Å². The molecule has 2 aromatic rings. The molecule has 0 amide bonds. The lowest BCUT2D eigenvalue weighted by molar-refractivity contribution is 0.454. The molecule has 1 heterocycles. The van der Waals surface area contributed by atoms with Crippen LogP contribution in [0.5, 0.6) is 0 Å². The number of hydrogen-bond acceptors (Lipinski definition) is 4. The minimum absolute atomic E-state index is 0.274. The lowest BCUT2D eigenvalue weighted by Crippen LogP contribution is -2.04. The molecule has 0 radical (unpaired) electrons. The Labute approximate surface area is 109 Å². The van der Waals surface area contributed by atoms with Crippen LogP contribution >= 0.6 is 0 Å². The molecular weight excluding hydrogens is 276 g/mol. The Morgan fingerprint density at radius 1 is 0.800 bits per heavy atom. The second kappa shape index (κ2) is 4.94. The zero-order valence-electron chi connectivity index (χ0n) is 9.46. The average molecular weight is 278 g/mol. The highest BCUT2D eigenvalue weighted by Crippen LogP contribution is 2.31. The molecule has 4 nitrogen and oxygen atoms in total. The van der Waals surface area contributed by atoms with Gasteiger partial charge < -0.3 is 0 Å². The summed E-state index contributed by atoms with van der Waals surface area (Å²) in [5, 5.41) is 16.9. The molecule has 0 fully saturated rings. The number of hydrogen-bond donors (Lipinski definition) is 0. The highest BCUT2D eigenvalue weighted by atomic mass is 19.2. The van der Waals surface area contributed by atoms with Crippen LogP contribution in [0.2, 0.25) is 0 Å². The third-order valence-corrected chi connectivity index (χ3v) is 2.42. The molecule has 0 bridgehead atoms. The van der Waals surface area contributed by atoms with Gasteiger partial charge in [0.05, 0.1) is 5.56 Å². The number of rotatable bonds is 1. The molecule has 0 unspecified atom stereocenters. The van der Waals surface area contributed by atoms with Gasteiger partial charge in [-0.15, -0.1) is 0 Å². The molecule has 0 saturated carbocycles. The molecule has 2 rings (SSSR count). The third-order valence-electron chi connectivity index (χ3n) is 2.42. The van der Waals surface area contributed by atoms with E-state index in [4.69, 9.17) is 10.5 Å². The summed E-state index contributed by atoms with van der Waals surface area (Å²) in [6, 6.07) is 2.61. The Hall–Kier alpha value is -3.00. The van der Waals surface area contributed by atoms with Crippen molar-refractivity contribution in [2.45, 2.75) is 0 Å². The van der Waals surface area contributed by atoms with E-state index < -0.39 is 34.4 Å².